The van der Waals surface area contributed by atoms with Gasteiger partial charge in [-0.3, -0.25) is 9.52 Å². The van der Waals surface area contributed by atoms with Gasteiger partial charge in [-0.05, 0) is 55.7 Å². The van der Waals surface area contributed by atoms with Crippen LogP contribution in [0.25, 0.3) is 0 Å². The van der Waals surface area contributed by atoms with Crippen LogP contribution in [0.4, 0.5) is 5.69 Å². The second-order valence-electron chi connectivity index (χ2n) is 6.46. The normalized spacial score (nSPS) is 15.5. The smallest absolute Gasteiger partial charge is 0.271 e. The summed E-state index contributed by atoms with van der Waals surface area (Å²) in [4.78, 5) is 15.5. The third kappa shape index (κ3) is 4.45. The lowest BCUT2D eigenvalue weighted by Crippen LogP contribution is -2.31. The standard InChI is InChI=1S/C19H24N2O3S2/c1-2-17-11-12-18(25-17)26(23,24)20-16-9-7-15(8-10-16)19(22)21-13-5-3-4-6-14-21/h7-12,20H,2-6,13-14H2,1H3. The Labute approximate surface area is 159 Å². The van der Waals surface area contributed by atoms with Gasteiger partial charge in [0.2, 0.25) is 0 Å². The van der Waals surface area contributed by atoms with E-state index in [-0.39, 0.29) is 5.91 Å². The molecule has 2 aromatic rings. The molecule has 0 spiro atoms. The van der Waals surface area contributed by atoms with Gasteiger partial charge in [0.05, 0.1) is 0 Å². The Morgan fingerprint density at radius 2 is 1.69 bits per heavy atom. The van der Waals surface area contributed by atoms with E-state index < -0.39 is 10.0 Å². The van der Waals surface area contributed by atoms with Gasteiger partial charge in [0.25, 0.3) is 15.9 Å². The SMILES string of the molecule is CCc1ccc(S(=O)(=O)Nc2ccc(C(=O)N3CCCCCC3)cc2)s1. The molecule has 0 unspecified atom stereocenters. The number of sulfonamides is 1. The zero-order valence-electron chi connectivity index (χ0n) is 14.9. The van der Waals surface area contributed by atoms with E-state index in [9.17, 15) is 13.2 Å². The summed E-state index contributed by atoms with van der Waals surface area (Å²) in [5, 5.41) is 0. The van der Waals surface area contributed by atoms with Crippen LogP contribution < -0.4 is 4.72 Å². The topological polar surface area (TPSA) is 66.5 Å². The first-order valence-electron chi connectivity index (χ1n) is 9.00. The summed E-state index contributed by atoms with van der Waals surface area (Å²) in [5.41, 5.74) is 1.06. The summed E-state index contributed by atoms with van der Waals surface area (Å²) in [5.74, 6) is 0.0205. The van der Waals surface area contributed by atoms with Crippen LogP contribution in [0.15, 0.2) is 40.6 Å². The number of carbonyl (C=O) groups excluding carboxylic acids is 1. The summed E-state index contributed by atoms with van der Waals surface area (Å²) in [6.45, 7) is 3.59. The average Bonchev–Trinajstić information content (AvgIpc) is 2.98. The number of anilines is 1. The van der Waals surface area contributed by atoms with Crippen molar-refractivity contribution in [1.29, 1.82) is 0 Å². The van der Waals surface area contributed by atoms with Gasteiger partial charge in [-0.2, -0.15) is 0 Å². The molecular formula is C19H24N2O3S2. The molecule has 0 atom stereocenters. The Bertz CT molecular complexity index is 849. The quantitative estimate of drug-likeness (QED) is 0.832. The van der Waals surface area contributed by atoms with Crippen LogP contribution >= 0.6 is 11.3 Å². The Kier molecular flexibility index (Phi) is 5.98. The number of nitrogens with zero attached hydrogens (tertiary/aromatic N) is 1. The van der Waals surface area contributed by atoms with Crippen LogP contribution in [0.1, 0.15) is 47.8 Å². The Morgan fingerprint density at radius 3 is 2.27 bits per heavy atom. The van der Waals surface area contributed by atoms with E-state index in [1.807, 2.05) is 17.9 Å². The highest BCUT2D eigenvalue weighted by Gasteiger charge is 2.19. The second-order valence-corrected chi connectivity index (χ2v) is 9.54. The molecule has 2 heterocycles. The molecule has 5 nitrogen and oxygen atoms in total. The van der Waals surface area contributed by atoms with Crippen LogP contribution in [0.2, 0.25) is 0 Å². The van der Waals surface area contributed by atoms with E-state index >= 15 is 0 Å². The summed E-state index contributed by atoms with van der Waals surface area (Å²) in [6.07, 6.45) is 5.25. The van der Waals surface area contributed by atoms with Crippen LogP contribution in [0.3, 0.4) is 0 Å². The molecule has 3 rings (SSSR count). The van der Waals surface area contributed by atoms with E-state index in [1.54, 1.807) is 30.3 Å². The molecule has 140 valence electrons. The number of benzene rings is 1. The minimum Gasteiger partial charge on any atom is -0.339 e. The van der Waals surface area contributed by atoms with Gasteiger partial charge in [-0.1, -0.05) is 19.8 Å². The fraction of sp³-hybridized carbons (Fsp3) is 0.421. The number of rotatable bonds is 5. The maximum atomic E-state index is 12.6. The highest BCUT2D eigenvalue weighted by atomic mass is 32.2. The van der Waals surface area contributed by atoms with Crippen LogP contribution in [0.5, 0.6) is 0 Å². The molecule has 0 saturated carbocycles. The van der Waals surface area contributed by atoms with Crippen LogP contribution in [-0.4, -0.2) is 32.3 Å². The monoisotopic (exact) mass is 392 g/mol. The zero-order valence-corrected chi connectivity index (χ0v) is 16.5. The van der Waals surface area contributed by atoms with Gasteiger partial charge in [0, 0.05) is 29.2 Å². The molecule has 0 aliphatic carbocycles. The number of nitrogens with one attached hydrogen (secondary N) is 1. The van der Waals surface area contributed by atoms with E-state index in [1.165, 1.54) is 24.2 Å². The van der Waals surface area contributed by atoms with Crippen LogP contribution in [0, 0.1) is 0 Å². The fourth-order valence-electron chi connectivity index (χ4n) is 3.04. The average molecular weight is 393 g/mol. The van der Waals surface area contributed by atoms with Crippen molar-refractivity contribution in [3.8, 4) is 0 Å². The van der Waals surface area contributed by atoms with Crippen molar-refractivity contribution in [2.75, 3.05) is 17.8 Å². The summed E-state index contributed by atoms with van der Waals surface area (Å²) < 4.78 is 27.8. The second kappa shape index (κ2) is 8.22. The predicted octanol–water partition coefficient (Wildman–Crippen LogP) is 4.13. The molecule has 1 aromatic carbocycles. The largest absolute Gasteiger partial charge is 0.339 e. The predicted molar refractivity (Wildman–Crippen MR) is 105 cm³/mol. The van der Waals surface area contributed by atoms with Gasteiger partial charge in [-0.15, -0.1) is 11.3 Å². The molecule has 26 heavy (non-hydrogen) atoms. The molecule has 1 N–H and O–H groups in total. The van der Waals surface area contributed by atoms with Crippen LogP contribution in [-0.2, 0) is 16.4 Å². The van der Waals surface area contributed by atoms with Crippen molar-refractivity contribution in [3.05, 3.63) is 46.8 Å². The maximum absolute atomic E-state index is 12.6. The first kappa shape index (κ1) is 18.9. The zero-order chi connectivity index (χ0) is 18.6. The lowest BCUT2D eigenvalue weighted by Gasteiger charge is -2.20. The Hall–Kier alpha value is -1.86. The molecule has 7 heteroatoms. The minimum atomic E-state index is -3.59. The van der Waals surface area contributed by atoms with Gasteiger partial charge >= 0.3 is 0 Å². The molecule has 1 aliphatic rings. The molecule has 0 bridgehead atoms. The number of likely N-dealkylation sites (tertiary alicyclic amines) is 1. The first-order valence-corrected chi connectivity index (χ1v) is 11.3. The van der Waals surface area contributed by atoms with Gasteiger partial charge in [0.1, 0.15) is 4.21 Å². The number of thiophene rings is 1. The van der Waals surface area contributed by atoms with E-state index in [2.05, 4.69) is 4.72 Å². The van der Waals surface area contributed by atoms with Crippen molar-refractivity contribution in [2.24, 2.45) is 0 Å². The van der Waals surface area contributed by atoms with Crippen molar-refractivity contribution in [2.45, 2.75) is 43.2 Å². The first-order chi connectivity index (χ1) is 12.5. The Morgan fingerprint density at radius 1 is 1.04 bits per heavy atom. The number of amides is 1. The number of hydrogen-bond donors (Lipinski definition) is 1. The van der Waals surface area contributed by atoms with E-state index in [0.29, 0.717) is 15.5 Å². The van der Waals surface area contributed by atoms with Gasteiger partial charge in [0.15, 0.2) is 0 Å². The lowest BCUT2D eigenvalue weighted by molar-refractivity contribution is 0.0761. The molecule has 0 radical (unpaired) electrons. The molecular weight excluding hydrogens is 368 g/mol. The van der Waals surface area contributed by atoms with Crippen molar-refractivity contribution in [3.63, 3.8) is 0 Å². The van der Waals surface area contributed by atoms with Crippen molar-refractivity contribution in [1.82, 2.24) is 4.90 Å². The number of aryl methyl sites for hydroxylation is 1. The molecule has 1 amide bonds. The number of hydrogen-bond acceptors (Lipinski definition) is 4. The Balaban J connectivity index is 1.70. The number of carbonyl (C=O) groups is 1. The van der Waals surface area contributed by atoms with Gasteiger partial charge < -0.3 is 4.90 Å². The van der Waals surface area contributed by atoms with Crippen molar-refractivity contribution >= 4 is 33.0 Å². The third-order valence-electron chi connectivity index (χ3n) is 4.53. The maximum Gasteiger partial charge on any atom is 0.271 e. The highest BCUT2D eigenvalue weighted by molar-refractivity contribution is 7.94. The van der Waals surface area contributed by atoms with Gasteiger partial charge in [-0.25, -0.2) is 8.42 Å². The molecule has 1 fully saturated rings. The highest BCUT2D eigenvalue weighted by Crippen LogP contribution is 2.24. The third-order valence-corrected chi connectivity index (χ3v) is 7.63. The fourth-order valence-corrected chi connectivity index (χ4v) is 5.39. The van der Waals surface area contributed by atoms with E-state index in [4.69, 9.17) is 0 Å². The minimum absolute atomic E-state index is 0.0205. The molecule has 1 saturated heterocycles. The lowest BCUT2D eigenvalue weighted by atomic mass is 10.2. The molecule has 1 aliphatic heterocycles. The van der Waals surface area contributed by atoms with E-state index in [0.717, 1.165) is 37.2 Å². The molecule has 1 aromatic heterocycles. The summed E-state index contributed by atoms with van der Waals surface area (Å²) in [7, 11) is -3.59. The van der Waals surface area contributed by atoms with Crippen molar-refractivity contribution < 1.29 is 13.2 Å². The summed E-state index contributed by atoms with van der Waals surface area (Å²) >= 11 is 1.28. The summed E-state index contributed by atoms with van der Waals surface area (Å²) in [6, 6.07) is 10.1.